The molecule has 0 unspecified atom stereocenters. The van der Waals surface area contributed by atoms with Gasteiger partial charge in [0.1, 0.15) is 11.3 Å². The van der Waals surface area contributed by atoms with Crippen molar-refractivity contribution in [1.82, 2.24) is 0 Å². The first kappa shape index (κ1) is 17.5. The van der Waals surface area contributed by atoms with Gasteiger partial charge in [-0.2, -0.15) is 0 Å². The van der Waals surface area contributed by atoms with E-state index in [2.05, 4.69) is 5.32 Å². The van der Waals surface area contributed by atoms with Crippen molar-refractivity contribution in [3.8, 4) is 5.75 Å². The van der Waals surface area contributed by atoms with E-state index in [0.29, 0.717) is 16.8 Å². The van der Waals surface area contributed by atoms with Crippen LogP contribution in [0.1, 0.15) is 16.7 Å². The highest BCUT2D eigenvalue weighted by Crippen LogP contribution is 2.25. The zero-order chi connectivity index (χ0) is 18.7. The number of phenolic OH excluding ortho intramolecular Hbond substituents is 1. The first-order valence-electron chi connectivity index (χ1n) is 8.14. The number of aryl methyl sites for hydroxylation is 2. The molecule has 6 heteroatoms. The third kappa shape index (κ3) is 4.03. The molecule has 6 nitrogen and oxygen atoms in total. The van der Waals surface area contributed by atoms with E-state index in [9.17, 15) is 14.7 Å². The van der Waals surface area contributed by atoms with E-state index in [0.717, 1.165) is 16.5 Å². The summed E-state index contributed by atoms with van der Waals surface area (Å²) >= 11 is 0. The van der Waals surface area contributed by atoms with Gasteiger partial charge in [0.2, 0.25) is 0 Å². The van der Waals surface area contributed by atoms with Crippen molar-refractivity contribution >= 4 is 28.5 Å². The largest absolute Gasteiger partial charge is 0.508 e. The van der Waals surface area contributed by atoms with Crippen molar-refractivity contribution in [1.29, 1.82) is 0 Å². The number of esters is 1. The fraction of sp³-hybridized carbons (Fsp3) is 0.200. The third-order valence-electron chi connectivity index (χ3n) is 3.99. The molecule has 1 aromatic heterocycles. The summed E-state index contributed by atoms with van der Waals surface area (Å²) in [6, 6.07) is 10.3. The molecule has 0 aliphatic heterocycles. The summed E-state index contributed by atoms with van der Waals surface area (Å²) in [5, 5.41) is 12.9. The molecule has 3 rings (SSSR count). The second kappa shape index (κ2) is 7.31. The number of nitrogens with one attached hydrogen (secondary N) is 1. The van der Waals surface area contributed by atoms with Crippen LogP contribution in [-0.2, 0) is 20.7 Å². The van der Waals surface area contributed by atoms with Gasteiger partial charge in [0.15, 0.2) is 6.61 Å². The Morgan fingerprint density at radius 2 is 1.96 bits per heavy atom. The van der Waals surface area contributed by atoms with Crippen LogP contribution in [0.3, 0.4) is 0 Å². The molecule has 1 amide bonds. The third-order valence-corrected chi connectivity index (χ3v) is 3.99. The van der Waals surface area contributed by atoms with Crippen molar-refractivity contribution in [3.05, 3.63) is 59.4 Å². The van der Waals surface area contributed by atoms with Gasteiger partial charge in [-0.05, 0) is 37.6 Å². The van der Waals surface area contributed by atoms with Gasteiger partial charge in [0, 0.05) is 22.7 Å². The molecule has 2 aromatic carbocycles. The molecule has 0 atom stereocenters. The fourth-order valence-corrected chi connectivity index (χ4v) is 2.70. The number of carbonyl (C=O) groups excluding carboxylic acids is 2. The number of anilines is 1. The maximum absolute atomic E-state index is 12.0. The van der Waals surface area contributed by atoms with Gasteiger partial charge in [0.05, 0.1) is 12.7 Å². The van der Waals surface area contributed by atoms with Crippen LogP contribution in [0.2, 0.25) is 0 Å². The van der Waals surface area contributed by atoms with Crippen molar-refractivity contribution in [2.75, 3.05) is 11.9 Å². The van der Waals surface area contributed by atoms with E-state index < -0.39 is 11.9 Å². The van der Waals surface area contributed by atoms with Crippen LogP contribution in [0.15, 0.2) is 47.1 Å². The molecular weight excluding hydrogens is 334 g/mol. The second-order valence-corrected chi connectivity index (χ2v) is 6.15. The molecule has 0 bridgehead atoms. The molecule has 0 aliphatic carbocycles. The number of hydrogen-bond donors (Lipinski definition) is 2. The maximum Gasteiger partial charge on any atom is 0.310 e. The minimum Gasteiger partial charge on any atom is -0.508 e. The van der Waals surface area contributed by atoms with Gasteiger partial charge in [0.25, 0.3) is 5.91 Å². The van der Waals surface area contributed by atoms with E-state index in [-0.39, 0.29) is 18.8 Å². The molecule has 0 radical (unpaired) electrons. The number of furan rings is 1. The number of ether oxygens (including phenoxy) is 1. The summed E-state index contributed by atoms with van der Waals surface area (Å²) in [5.41, 5.74) is 3.86. The predicted molar refractivity (Wildman–Crippen MR) is 97.1 cm³/mol. The van der Waals surface area contributed by atoms with Crippen LogP contribution in [0.5, 0.6) is 5.75 Å². The zero-order valence-electron chi connectivity index (χ0n) is 14.5. The summed E-state index contributed by atoms with van der Waals surface area (Å²) < 4.78 is 10.4. The maximum atomic E-state index is 12.0. The summed E-state index contributed by atoms with van der Waals surface area (Å²) in [6.45, 7) is 3.51. The molecular formula is C20H19NO5. The van der Waals surface area contributed by atoms with Crippen LogP contribution in [0, 0.1) is 13.8 Å². The molecule has 2 N–H and O–H groups in total. The van der Waals surface area contributed by atoms with Gasteiger partial charge in [-0.15, -0.1) is 0 Å². The molecule has 3 aromatic rings. The average Bonchev–Trinajstić information content (AvgIpc) is 2.97. The normalized spacial score (nSPS) is 10.7. The molecule has 26 heavy (non-hydrogen) atoms. The number of fused-ring (bicyclic) bond motifs is 1. The van der Waals surface area contributed by atoms with Crippen molar-refractivity contribution in [2.45, 2.75) is 20.3 Å². The van der Waals surface area contributed by atoms with E-state index in [1.54, 1.807) is 6.07 Å². The Morgan fingerprint density at radius 3 is 2.73 bits per heavy atom. The molecule has 0 saturated carbocycles. The molecule has 0 spiro atoms. The molecule has 134 valence electrons. The highest BCUT2D eigenvalue weighted by Gasteiger charge is 2.14. The Kier molecular flexibility index (Phi) is 4.93. The van der Waals surface area contributed by atoms with Crippen LogP contribution in [0.4, 0.5) is 5.69 Å². The number of benzene rings is 2. The first-order valence-corrected chi connectivity index (χ1v) is 8.14. The Hall–Kier alpha value is -3.28. The monoisotopic (exact) mass is 353 g/mol. The van der Waals surface area contributed by atoms with E-state index in [4.69, 9.17) is 9.15 Å². The van der Waals surface area contributed by atoms with Gasteiger partial charge in [-0.25, -0.2) is 0 Å². The van der Waals surface area contributed by atoms with E-state index in [1.165, 1.54) is 18.4 Å². The standard InChI is InChI=1S/C20H19NO5/c1-12-3-6-17(13(2)7-12)21-19(23)11-26-20(24)8-14-10-25-18-9-15(22)4-5-16(14)18/h3-7,9-10,22H,8,11H2,1-2H3,(H,21,23). The number of carbonyl (C=O) groups is 2. The number of amides is 1. The van der Waals surface area contributed by atoms with Crippen LogP contribution < -0.4 is 5.32 Å². The predicted octanol–water partition coefficient (Wildman–Crippen LogP) is 3.48. The number of hydrogen-bond acceptors (Lipinski definition) is 5. The lowest BCUT2D eigenvalue weighted by Gasteiger charge is -2.09. The van der Waals surface area contributed by atoms with E-state index in [1.807, 2.05) is 32.0 Å². The SMILES string of the molecule is Cc1ccc(NC(=O)COC(=O)Cc2coc3cc(O)ccc23)c(C)c1. The van der Waals surface area contributed by atoms with Crippen LogP contribution >= 0.6 is 0 Å². The van der Waals surface area contributed by atoms with Gasteiger partial charge in [-0.1, -0.05) is 17.7 Å². The smallest absolute Gasteiger partial charge is 0.310 e. The second-order valence-electron chi connectivity index (χ2n) is 6.15. The Balaban J connectivity index is 1.55. The fourth-order valence-electron chi connectivity index (χ4n) is 2.70. The molecule has 0 aliphatic rings. The average molecular weight is 353 g/mol. The van der Waals surface area contributed by atoms with Gasteiger partial charge in [-0.3, -0.25) is 9.59 Å². The highest BCUT2D eigenvalue weighted by molar-refractivity contribution is 5.94. The lowest BCUT2D eigenvalue weighted by Crippen LogP contribution is -2.22. The van der Waals surface area contributed by atoms with Crippen molar-refractivity contribution < 1.29 is 23.8 Å². The number of phenols is 1. The number of aromatic hydroxyl groups is 1. The topological polar surface area (TPSA) is 88.8 Å². The summed E-state index contributed by atoms with van der Waals surface area (Å²) in [7, 11) is 0. The van der Waals surface area contributed by atoms with Crippen molar-refractivity contribution in [3.63, 3.8) is 0 Å². The Bertz CT molecular complexity index is 973. The lowest BCUT2D eigenvalue weighted by atomic mass is 10.1. The summed E-state index contributed by atoms with van der Waals surface area (Å²) in [5.74, 6) is -0.840. The van der Waals surface area contributed by atoms with Crippen LogP contribution in [-0.4, -0.2) is 23.6 Å². The van der Waals surface area contributed by atoms with Crippen molar-refractivity contribution in [2.24, 2.45) is 0 Å². The van der Waals surface area contributed by atoms with E-state index >= 15 is 0 Å². The molecule has 0 saturated heterocycles. The highest BCUT2D eigenvalue weighted by atomic mass is 16.5. The lowest BCUT2D eigenvalue weighted by molar-refractivity contribution is -0.146. The minimum absolute atomic E-state index is 0.0192. The molecule has 1 heterocycles. The zero-order valence-corrected chi connectivity index (χ0v) is 14.5. The summed E-state index contributed by atoms with van der Waals surface area (Å²) in [4.78, 5) is 24.0. The van der Waals surface area contributed by atoms with Gasteiger partial charge < -0.3 is 19.6 Å². The molecule has 0 fully saturated rings. The quantitative estimate of drug-likeness (QED) is 0.686. The Labute approximate surface area is 150 Å². The first-order chi connectivity index (χ1) is 12.4. The minimum atomic E-state index is -0.531. The summed E-state index contributed by atoms with van der Waals surface area (Å²) in [6.07, 6.45) is 1.43. The van der Waals surface area contributed by atoms with Gasteiger partial charge >= 0.3 is 5.97 Å². The Morgan fingerprint density at radius 1 is 1.15 bits per heavy atom. The number of rotatable bonds is 5. The van der Waals surface area contributed by atoms with Crippen LogP contribution in [0.25, 0.3) is 11.0 Å².